The molecule has 0 bridgehead atoms. The number of hydrogen-bond donors (Lipinski definition) is 1. The molecule has 0 spiro atoms. The van der Waals surface area contributed by atoms with Crippen LogP contribution >= 0.6 is 0 Å². The molecule has 0 radical (unpaired) electrons. The summed E-state index contributed by atoms with van der Waals surface area (Å²) in [5.41, 5.74) is 9.11. The van der Waals surface area contributed by atoms with Crippen molar-refractivity contribution in [3.05, 3.63) is 157 Å². The molecular formula is C37H30N4O3. The first-order chi connectivity index (χ1) is 21.7. The van der Waals surface area contributed by atoms with Gasteiger partial charge >= 0.3 is 0 Å². The lowest BCUT2D eigenvalue weighted by Crippen LogP contribution is -2.24. The SMILES string of the molecule is O=C(COc1ccc(-c2ccccc2)cc1)NN=Cc1cn(-c2ccccc2)nc1-c1ccc(OCc2ccccc2)cc1. The third-order valence-corrected chi connectivity index (χ3v) is 6.86. The van der Waals surface area contributed by atoms with Gasteiger partial charge < -0.3 is 9.47 Å². The molecule has 0 fully saturated rings. The maximum absolute atomic E-state index is 12.5. The van der Waals surface area contributed by atoms with E-state index in [-0.39, 0.29) is 12.5 Å². The summed E-state index contributed by atoms with van der Waals surface area (Å²) < 4.78 is 13.4. The molecule has 0 aliphatic carbocycles. The van der Waals surface area contributed by atoms with Gasteiger partial charge in [0.2, 0.25) is 0 Å². The molecule has 6 rings (SSSR count). The summed E-state index contributed by atoms with van der Waals surface area (Å²) in [6, 6.07) is 45.3. The van der Waals surface area contributed by atoms with Gasteiger partial charge in [-0.25, -0.2) is 10.1 Å². The van der Waals surface area contributed by atoms with Gasteiger partial charge in [-0.15, -0.1) is 0 Å². The molecule has 1 amide bonds. The van der Waals surface area contributed by atoms with Crippen LogP contribution in [0.3, 0.4) is 0 Å². The molecule has 0 aliphatic heterocycles. The predicted molar refractivity (Wildman–Crippen MR) is 173 cm³/mol. The average molecular weight is 579 g/mol. The van der Waals surface area contributed by atoms with Gasteiger partial charge in [-0.1, -0.05) is 91.0 Å². The van der Waals surface area contributed by atoms with Gasteiger partial charge in [0.15, 0.2) is 6.61 Å². The molecule has 0 atom stereocenters. The molecule has 5 aromatic carbocycles. The van der Waals surface area contributed by atoms with E-state index >= 15 is 0 Å². The highest BCUT2D eigenvalue weighted by atomic mass is 16.5. The van der Waals surface area contributed by atoms with Crippen molar-refractivity contribution >= 4 is 12.1 Å². The minimum atomic E-state index is -0.370. The average Bonchev–Trinajstić information content (AvgIpc) is 3.52. The number of para-hydroxylation sites is 1. The monoisotopic (exact) mass is 578 g/mol. The molecule has 1 N–H and O–H groups in total. The molecule has 216 valence electrons. The van der Waals surface area contributed by atoms with E-state index in [1.807, 2.05) is 146 Å². The van der Waals surface area contributed by atoms with E-state index in [2.05, 4.69) is 10.5 Å². The van der Waals surface area contributed by atoms with E-state index in [4.69, 9.17) is 14.6 Å². The Labute approximate surface area is 256 Å². The number of ether oxygens (including phenoxy) is 2. The van der Waals surface area contributed by atoms with Crippen molar-refractivity contribution in [3.63, 3.8) is 0 Å². The second-order valence-electron chi connectivity index (χ2n) is 9.98. The topological polar surface area (TPSA) is 77.7 Å². The highest BCUT2D eigenvalue weighted by Crippen LogP contribution is 2.26. The molecule has 7 heteroatoms. The zero-order chi connectivity index (χ0) is 30.0. The molecule has 0 unspecified atom stereocenters. The maximum Gasteiger partial charge on any atom is 0.277 e. The first kappa shape index (κ1) is 28.2. The van der Waals surface area contributed by atoms with Crippen LogP contribution < -0.4 is 14.9 Å². The van der Waals surface area contributed by atoms with Crippen molar-refractivity contribution in [2.24, 2.45) is 5.10 Å². The van der Waals surface area contributed by atoms with E-state index < -0.39 is 0 Å². The number of amides is 1. The molecule has 0 saturated heterocycles. The van der Waals surface area contributed by atoms with Gasteiger partial charge in [-0.2, -0.15) is 10.2 Å². The summed E-state index contributed by atoms with van der Waals surface area (Å²) in [6.45, 7) is 0.325. The zero-order valence-corrected chi connectivity index (χ0v) is 23.9. The number of benzene rings is 5. The van der Waals surface area contributed by atoms with E-state index in [0.717, 1.165) is 44.9 Å². The van der Waals surface area contributed by atoms with Gasteiger partial charge in [-0.3, -0.25) is 4.79 Å². The van der Waals surface area contributed by atoms with E-state index in [1.165, 1.54) is 0 Å². The number of carbonyl (C=O) groups is 1. The molecule has 44 heavy (non-hydrogen) atoms. The second-order valence-corrected chi connectivity index (χ2v) is 9.98. The first-order valence-corrected chi connectivity index (χ1v) is 14.2. The summed E-state index contributed by atoms with van der Waals surface area (Å²) in [5, 5.41) is 9.02. The quantitative estimate of drug-likeness (QED) is 0.129. The van der Waals surface area contributed by atoms with Crippen molar-refractivity contribution in [1.82, 2.24) is 15.2 Å². The van der Waals surface area contributed by atoms with E-state index in [1.54, 1.807) is 10.9 Å². The van der Waals surface area contributed by atoms with Crippen LogP contribution in [0.1, 0.15) is 11.1 Å². The fourth-order valence-electron chi connectivity index (χ4n) is 4.60. The minimum Gasteiger partial charge on any atom is -0.489 e. The molecule has 1 heterocycles. The Bertz CT molecular complexity index is 1820. The van der Waals surface area contributed by atoms with E-state index in [0.29, 0.717) is 12.4 Å². The van der Waals surface area contributed by atoms with E-state index in [9.17, 15) is 4.79 Å². The third-order valence-electron chi connectivity index (χ3n) is 6.86. The molecule has 1 aromatic heterocycles. The molecule has 6 aromatic rings. The van der Waals surface area contributed by atoms with Crippen LogP contribution in [0, 0.1) is 0 Å². The molecule has 7 nitrogen and oxygen atoms in total. The fourth-order valence-corrected chi connectivity index (χ4v) is 4.60. The summed E-state index contributed by atoms with van der Waals surface area (Å²) >= 11 is 0. The Balaban J connectivity index is 1.11. The Morgan fingerprint density at radius 3 is 1.93 bits per heavy atom. The van der Waals surface area contributed by atoms with Crippen molar-refractivity contribution in [2.45, 2.75) is 6.61 Å². The van der Waals surface area contributed by atoms with Gasteiger partial charge in [0, 0.05) is 17.3 Å². The predicted octanol–water partition coefficient (Wildman–Crippen LogP) is 7.31. The largest absolute Gasteiger partial charge is 0.489 e. The van der Waals surface area contributed by atoms with Gasteiger partial charge in [-0.05, 0) is 65.2 Å². The smallest absolute Gasteiger partial charge is 0.277 e. The van der Waals surface area contributed by atoms with Crippen LogP contribution in [0.5, 0.6) is 11.5 Å². The number of hydrogen-bond acceptors (Lipinski definition) is 5. The van der Waals surface area contributed by atoms with Crippen molar-refractivity contribution in [2.75, 3.05) is 6.61 Å². The zero-order valence-electron chi connectivity index (χ0n) is 23.9. The number of rotatable bonds is 11. The molecular weight excluding hydrogens is 548 g/mol. The number of hydrazone groups is 1. The number of carbonyl (C=O) groups excluding carboxylic acids is 1. The molecule has 0 aliphatic rings. The molecule has 0 saturated carbocycles. The highest BCUT2D eigenvalue weighted by Gasteiger charge is 2.12. The lowest BCUT2D eigenvalue weighted by molar-refractivity contribution is -0.123. The lowest BCUT2D eigenvalue weighted by Gasteiger charge is -2.07. The van der Waals surface area contributed by atoms with Crippen LogP contribution in [0.4, 0.5) is 0 Å². The van der Waals surface area contributed by atoms with Crippen LogP contribution in [0.2, 0.25) is 0 Å². The van der Waals surface area contributed by atoms with Crippen molar-refractivity contribution in [3.8, 4) is 39.6 Å². The number of aromatic nitrogens is 2. The van der Waals surface area contributed by atoms with Gasteiger partial charge in [0.05, 0.1) is 11.9 Å². The van der Waals surface area contributed by atoms with Crippen molar-refractivity contribution in [1.29, 1.82) is 0 Å². The van der Waals surface area contributed by atoms with Crippen LogP contribution in [0.15, 0.2) is 151 Å². The first-order valence-electron chi connectivity index (χ1n) is 14.2. The van der Waals surface area contributed by atoms with Crippen molar-refractivity contribution < 1.29 is 14.3 Å². The summed E-state index contributed by atoms with van der Waals surface area (Å²) in [4.78, 5) is 12.5. The maximum atomic E-state index is 12.5. The Morgan fingerprint density at radius 2 is 1.25 bits per heavy atom. The summed E-state index contributed by atoms with van der Waals surface area (Å²) in [6.07, 6.45) is 3.47. The normalized spacial score (nSPS) is 10.9. The van der Waals surface area contributed by atoms with Gasteiger partial charge in [0.25, 0.3) is 5.91 Å². The fraction of sp³-hybridized carbons (Fsp3) is 0.0541. The van der Waals surface area contributed by atoms with Crippen LogP contribution in [0.25, 0.3) is 28.1 Å². The van der Waals surface area contributed by atoms with Crippen LogP contribution in [-0.4, -0.2) is 28.5 Å². The number of nitrogens with zero attached hydrogens (tertiary/aromatic N) is 3. The number of nitrogens with one attached hydrogen (secondary N) is 1. The van der Waals surface area contributed by atoms with Gasteiger partial charge in [0.1, 0.15) is 23.8 Å². The summed E-state index contributed by atoms with van der Waals surface area (Å²) in [7, 11) is 0. The Kier molecular flexibility index (Phi) is 8.84. The summed E-state index contributed by atoms with van der Waals surface area (Å²) in [5.74, 6) is 0.994. The lowest BCUT2D eigenvalue weighted by atomic mass is 10.1. The third kappa shape index (κ3) is 7.27. The standard InChI is InChI=1S/C37H30N4O3/c42-36(27-44-35-20-16-30(17-21-35)29-12-6-2-7-13-29)39-38-24-32-25-41(33-14-8-3-9-15-33)40-37(32)31-18-22-34(23-19-31)43-26-28-10-4-1-5-11-28/h1-25H,26-27H2,(H,39,42). The van der Waals surface area contributed by atoms with Crippen LogP contribution in [-0.2, 0) is 11.4 Å². The second kappa shape index (κ2) is 13.8. The highest BCUT2D eigenvalue weighted by molar-refractivity contribution is 5.90. The Morgan fingerprint density at radius 1 is 0.682 bits per heavy atom. The minimum absolute atomic E-state index is 0.164. The Hall–Kier alpha value is -5.95.